The zero-order valence-electron chi connectivity index (χ0n) is 12.7. The molecule has 0 saturated heterocycles. The molecule has 0 bridgehead atoms. The number of aryl methyl sites for hydroxylation is 3. The van der Waals surface area contributed by atoms with Crippen molar-refractivity contribution in [3.8, 4) is 0 Å². The Morgan fingerprint density at radius 2 is 2.14 bits per heavy atom. The first kappa shape index (κ1) is 15.7. The number of amides is 2. The van der Waals surface area contributed by atoms with Crippen molar-refractivity contribution < 1.29 is 9.59 Å². The Morgan fingerprint density at radius 1 is 1.32 bits per heavy atom. The molecule has 0 unspecified atom stereocenters. The van der Waals surface area contributed by atoms with Crippen molar-refractivity contribution >= 4 is 11.8 Å². The third-order valence-electron chi connectivity index (χ3n) is 3.09. The van der Waals surface area contributed by atoms with Crippen molar-refractivity contribution in [3.05, 3.63) is 35.9 Å². The van der Waals surface area contributed by atoms with Crippen LogP contribution in [0.25, 0.3) is 0 Å². The lowest BCUT2D eigenvalue weighted by molar-refractivity contribution is -0.120. The monoisotopic (exact) mass is 304 g/mol. The summed E-state index contributed by atoms with van der Waals surface area (Å²) in [4.78, 5) is 23.6. The van der Waals surface area contributed by atoms with Crippen molar-refractivity contribution in [3.63, 3.8) is 0 Å². The zero-order valence-corrected chi connectivity index (χ0v) is 12.7. The van der Waals surface area contributed by atoms with E-state index < -0.39 is 0 Å². The number of nitrogens with zero attached hydrogens (tertiary/aromatic N) is 4. The highest BCUT2D eigenvalue weighted by Crippen LogP contribution is 2.00. The molecule has 8 heteroatoms. The Labute approximate surface area is 128 Å². The van der Waals surface area contributed by atoms with Crippen molar-refractivity contribution in [2.75, 3.05) is 13.1 Å². The van der Waals surface area contributed by atoms with Crippen molar-refractivity contribution in [2.45, 2.75) is 19.9 Å². The van der Waals surface area contributed by atoms with Crippen LogP contribution in [0.15, 0.2) is 24.5 Å². The first-order valence-electron chi connectivity index (χ1n) is 7.09. The Bertz CT molecular complexity index is 632. The molecular formula is C14H20N6O2. The molecule has 8 nitrogen and oxygen atoms in total. The number of carbonyl (C=O) groups is 2. The SMILES string of the molecule is Cc1cc(C(=O)NCC(=O)NCCCn2cccn2)n(C)n1. The third-order valence-corrected chi connectivity index (χ3v) is 3.09. The van der Waals surface area contributed by atoms with Crippen LogP contribution >= 0.6 is 0 Å². The molecule has 118 valence electrons. The average molecular weight is 304 g/mol. The average Bonchev–Trinajstić information content (AvgIpc) is 3.10. The number of hydrogen-bond acceptors (Lipinski definition) is 4. The number of carbonyl (C=O) groups excluding carboxylic acids is 2. The third kappa shape index (κ3) is 4.44. The maximum atomic E-state index is 11.9. The van der Waals surface area contributed by atoms with Gasteiger partial charge in [-0.25, -0.2) is 0 Å². The quantitative estimate of drug-likeness (QED) is 0.696. The molecule has 2 amide bonds. The summed E-state index contributed by atoms with van der Waals surface area (Å²) in [5.74, 6) is -0.525. The van der Waals surface area contributed by atoms with E-state index in [2.05, 4.69) is 20.8 Å². The lowest BCUT2D eigenvalue weighted by Crippen LogP contribution is -2.38. The summed E-state index contributed by atoms with van der Waals surface area (Å²) >= 11 is 0. The molecule has 2 aromatic heterocycles. The largest absolute Gasteiger partial charge is 0.355 e. The van der Waals surface area contributed by atoms with Crippen LogP contribution in [0.3, 0.4) is 0 Å². The highest BCUT2D eigenvalue weighted by Gasteiger charge is 2.12. The normalized spacial score (nSPS) is 10.5. The summed E-state index contributed by atoms with van der Waals surface area (Å²) in [6.45, 7) is 3.04. The van der Waals surface area contributed by atoms with E-state index in [1.165, 1.54) is 4.68 Å². The molecule has 0 atom stereocenters. The van der Waals surface area contributed by atoms with Crippen molar-refractivity contribution in [2.24, 2.45) is 7.05 Å². The van der Waals surface area contributed by atoms with Crippen LogP contribution < -0.4 is 10.6 Å². The highest BCUT2D eigenvalue weighted by atomic mass is 16.2. The van der Waals surface area contributed by atoms with Gasteiger partial charge in [0.1, 0.15) is 5.69 Å². The van der Waals surface area contributed by atoms with Crippen LogP contribution in [-0.4, -0.2) is 44.5 Å². The molecule has 0 saturated carbocycles. The van der Waals surface area contributed by atoms with E-state index in [0.717, 1.165) is 18.7 Å². The zero-order chi connectivity index (χ0) is 15.9. The summed E-state index contributed by atoms with van der Waals surface area (Å²) in [7, 11) is 1.69. The molecule has 2 heterocycles. The first-order chi connectivity index (χ1) is 10.6. The van der Waals surface area contributed by atoms with Crippen LogP contribution in [0.5, 0.6) is 0 Å². The summed E-state index contributed by atoms with van der Waals surface area (Å²) in [5.41, 5.74) is 1.19. The van der Waals surface area contributed by atoms with Crippen molar-refractivity contribution in [1.29, 1.82) is 0 Å². The van der Waals surface area contributed by atoms with E-state index in [0.29, 0.717) is 12.2 Å². The lowest BCUT2D eigenvalue weighted by atomic mass is 10.3. The molecular weight excluding hydrogens is 284 g/mol. The Balaban J connectivity index is 1.65. The summed E-state index contributed by atoms with van der Waals surface area (Å²) in [5, 5.41) is 13.5. The van der Waals surface area contributed by atoms with Gasteiger partial charge < -0.3 is 10.6 Å². The molecule has 22 heavy (non-hydrogen) atoms. The smallest absolute Gasteiger partial charge is 0.269 e. The maximum absolute atomic E-state index is 11.9. The predicted octanol–water partition coefficient (Wildman–Crippen LogP) is -0.139. The van der Waals surface area contributed by atoms with Gasteiger partial charge in [-0.1, -0.05) is 0 Å². The second-order valence-electron chi connectivity index (χ2n) is 4.95. The Morgan fingerprint density at radius 3 is 2.77 bits per heavy atom. The molecule has 0 fully saturated rings. The van der Waals surface area contributed by atoms with Gasteiger partial charge in [0.2, 0.25) is 5.91 Å². The van der Waals surface area contributed by atoms with E-state index in [9.17, 15) is 9.59 Å². The van der Waals surface area contributed by atoms with Gasteiger partial charge in [-0.05, 0) is 25.5 Å². The summed E-state index contributed by atoms with van der Waals surface area (Å²) in [6.07, 6.45) is 4.37. The fourth-order valence-corrected chi connectivity index (χ4v) is 2.04. The molecule has 0 aromatic carbocycles. The highest BCUT2D eigenvalue weighted by molar-refractivity contribution is 5.95. The van der Waals surface area contributed by atoms with Gasteiger partial charge in [-0.15, -0.1) is 0 Å². The molecule has 0 aliphatic heterocycles. The number of nitrogens with one attached hydrogen (secondary N) is 2. The minimum absolute atomic E-state index is 0.0508. The van der Waals surface area contributed by atoms with Crippen LogP contribution in [0.4, 0.5) is 0 Å². The van der Waals surface area contributed by atoms with Crippen LogP contribution in [0, 0.1) is 6.92 Å². The van der Waals surface area contributed by atoms with Crippen LogP contribution in [0.1, 0.15) is 22.6 Å². The van der Waals surface area contributed by atoms with E-state index in [-0.39, 0.29) is 18.4 Å². The second-order valence-corrected chi connectivity index (χ2v) is 4.95. The van der Waals surface area contributed by atoms with Crippen LogP contribution in [0.2, 0.25) is 0 Å². The standard InChI is InChI=1S/C14H20N6O2/c1-11-9-12(19(2)18-11)14(22)16-10-13(21)15-5-3-7-20-8-4-6-17-20/h4,6,8-9H,3,5,7,10H2,1-2H3,(H,15,21)(H,16,22). The minimum atomic E-state index is -0.310. The fraction of sp³-hybridized carbons (Fsp3) is 0.429. The number of rotatable bonds is 7. The van der Waals surface area contributed by atoms with Gasteiger partial charge in [0.15, 0.2) is 0 Å². The van der Waals surface area contributed by atoms with Crippen LogP contribution in [-0.2, 0) is 18.4 Å². The molecule has 0 spiro atoms. The van der Waals surface area contributed by atoms with Gasteiger partial charge in [0.05, 0.1) is 12.2 Å². The van der Waals surface area contributed by atoms with Gasteiger partial charge in [0.25, 0.3) is 5.91 Å². The first-order valence-corrected chi connectivity index (χ1v) is 7.09. The van der Waals surface area contributed by atoms with E-state index in [4.69, 9.17) is 0 Å². The van der Waals surface area contributed by atoms with Gasteiger partial charge in [0, 0.05) is 32.5 Å². The van der Waals surface area contributed by atoms with Crippen molar-refractivity contribution in [1.82, 2.24) is 30.2 Å². The Kier molecular flexibility index (Phi) is 5.29. The second kappa shape index (κ2) is 7.39. The lowest BCUT2D eigenvalue weighted by Gasteiger charge is -2.07. The predicted molar refractivity (Wildman–Crippen MR) is 80.1 cm³/mol. The summed E-state index contributed by atoms with van der Waals surface area (Å²) < 4.78 is 3.30. The molecule has 2 rings (SSSR count). The summed E-state index contributed by atoms with van der Waals surface area (Å²) in [6, 6.07) is 3.53. The number of aromatic nitrogens is 4. The van der Waals surface area contributed by atoms with E-state index in [1.54, 1.807) is 24.0 Å². The number of hydrogen-bond donors (Lipinski definition) is 2. The maximum Gasteiger partial charge on any atom is 0.269 e. The molecule has 2 aromatic rings. The minimum Gasteiger partial charge on any atom is -0.355 e. The van der Waals surface area contributed by atoms with E-state index in [1.807, 2.05) is 19.2 Å². The molecule has 0 radical (unpaired) electrons. The molecule has 0 aliphatic carbocycles. The molecule has 0 aliphatic rings. The Hall–Kier alpha value is -2.64. The van der Waals surface area contributed by atoms with Gasteiger partial charge in [-0.2, -0.15) is 10.2 Å². The topological polar surface area (TPSA) is 93.8 Å². The fourth-order valence-electron chi connectivity index (χ4n) is 2.04. The van der Waals surface area contributed by atoms with Gasteiger partial charge >= 0.3 is 0 Å². The molecule has 2 N–H and O–H groups in total. The van der Waals surface area contributed by atoms with E-state index >= 15 is 0 Å². The van der Waals surface area contributed by atoms with Gasteiger partial charge in [-0.3, -0.25) is 19.0 Å².